The molecule has 2 rings (SSSR count). The summed E-state index contributed by atoms with van der Waals surface area (Å²) in [6.45, 7) is 2.70. The van der Waals surface area contributed by atoms with Crippen LogP contribution in [-0.2, 0) is 6.42 Å². The number of thiocarbonyl (C=S) groups is 1. The standard InChI is InChI=1S/C14H21N5S/c15-13(19-9-2-1-3-10-19)18-14(20)17-8-6-12-5-4-7-16-11-12/h4-5,7,11H,1-3,6,8-10H2,(H3,15,17,18,20). The topological polar surface area (TPSA) is 66.5 Å². The van der Waals surface area contributed by atoms with Crippen molar-refractivity contribution < 1.29 is 0 Å². The van der Waals surface area contributed by atoms with Gasteiger partial charge >= 0.3 is 0 Å². The van der Waals surface area contributed by atoms with Gasteiger partial charge in [-0.3, -0.25) is 4.98 Å². The van der Waals surface area contributed by atoms with Crippen molar-refractivity contribution in [2.75, 3.05) is 19.6 Å². The third-order valence-corrected chi connectivity index (χ3v) is 3.54. The lowest BCUT2D eigenvalue weighted by molar-refractivity contribution is 0.339. The number of nitrogens with one attached hydrogen (secondary N) is 1. The van der Waals surface area contributed by atoms with Crippen molar-refractivity contribution in [3.8, 4) is 0 Å². The number of aliphatic imine (C=N–C) groups is 1. The van der Waals surface area contributed by atoms with E-state index in [1.807, 2.05) is 18.3 Å². The van der Waals surface area contributed by atoms with E-state index in [1.54, 1.807) is 6.20 Å². The molecule has 20 heavy (non-hydrogen) atoms. The molecule has 5 nitrogen and oxygen atoms in total. The number of piperidine rings is 1. The van der Waals surface area contributed by atoms with Gasteiger partial charge in [-0.05, 0) is 49.5 Å². The molecule has 1 aromatic rings. The zero-order valence-electron chi connectivity index (χ0n) is 11.6. The number of nitrogens with zero attached hydrogens (tertiary/aromatic N) is 3. The summed E-state index contributed by atoms with van der Waals surface area (Å²) in [5.74, 6) is 0.531. The molecule has 0 unspecified atom stereocenters. The number of hydrogen-bond donors (Lipinski definition) is 2. The molecule has 0 amide bonds. The number of aromatic nitrogens is 1. The predicted octanol–water partition coefficient (Wildman–Crippen LogP) is 1.30. The van der Waals surface area contributed by atoms with Crippen LogP contribution in [0.1, 0.15) is 24.8 Å². The molecule has 1 saturated heterocycles. The van der Waals surface area contributed by atoms with E-state index in [0.29, 0.717) is 11.1 Å². The molecule has 0 aliphatic carbocycles. The molecule has 0 radical (unpaired) electrons. The van der Waals surface area contributed by atoms with E-state index >= 15 is 0 Å². The summed E-state index contributed by atoms with van der Waals surface area (Å²) in [5.41, 5.74) is 7.15. The molecule has 1 aliphatic heterocycles. The second-order valence-electron chi connectivity index (χ2n) is 4.86. The molecule has 6 heteroatoms. The lowest BCUT2D eigenvalue weighted by atomic mass is 10.1. The first-order valence-corrected chi connectivity index (χ1v) is 7.42. The van der Waals surface area contributed by atoms with Gasteiger partial charge in [0.05, 0.1) is 0 Å². The number of hydrogen-bond acceptors (Lipinski definition) is 2. The monoisotopic (exact) mass is 291 g/mol. The highest BCUT2D eigenvalue weighted by Crippen LogP contribution is 2.07. The number of guanidine groups is 1. The van der Waals surface area contributed by atoms with Crippen LogP contribution in [0.3, 0.4) is 0 Å². The van der Waals surface area contributed by atoms with Crippen molar-refractivity contribution >= 4 is 23.3 Å². The molecule has 2 heterocycles. The molecule has 0 aromatic carbocycles. The highest BCUT2D eigenvalue weighted by atomic mass is 32.1. The highest BCUT2D eigenvalue weighted by molar-refractivity contribution is 7.80. The zero-order chi connectivity index (χ0) is 14.2. The molecule has 108 valence electrons. The van der Waals surface area contributed by atoms with E-state index in [-0.39, 0.29) is 0 Å². The van der Waals surface area contributed by atoms with Gasteiger partial charge in [0.15, 0.2) is 11.1 Å². The molecule has 1 aromatic heterocycles. The van der Waals surface area contributed by atoms with Crippen molar-refractivity contribution in [2.45, 2.75) is 25.7 Å². The Labute approximate surface area is 125 Å². The van der Waals surface area contributed by atoms with E-state index in [0.717, 1.165) is 26.1 Å². The summed E-state index contributed by atoms with van der Waals surface area (Å²) in [6.07, 6.45) is 8.13. The van der Waals surface area contributed by atoms with Crippen molar-refractivity contribution in [2.24, 2.45) is 10.7 Å². The van der Waals surface area contributed by atoms with Crippen molar-refractivity contribution in [1.29, 1.82) is 0 Å². The Morgan fingerprint density at radius 1 is 1.40 bits per heavy atom. The minimum absolute atomic E-state index is 0.456. The fourth-order valence-corrected chi connectivity index (χ4v) is 2.39. The highest BCUT2D eigenvalue weighted by Gasteiger charge is 2.12. The SMILES string of the molecule is NC(=NC(=S)NCCc1cccnc1)N1CCCCC1. The maximum absolute atomic E-state index is 5.97. The normalized spacial score (nSPS) is 16.0. The Hall–Kier alpha value is -1.69. The second kappa shape index (κ2) is 7.79. The van der Waals surface area contributed by atoms with Crippen LogP contribution in [0.4, 0.5) is 0 Å². The van der Waals surface area contributed by atoms with Gasteiger partial charge in [-0.1, -0.05) is 6.07 Å². The van der Waals surface area contributed by atoms with Crippen molar-refractivity contribution in [3.05, 3.63) is 30.1 Å². The third kappa shape index (κ3) is 4.77. The van der Waals surface area contributed by atoms with Crippen LogP contribution >= 0.6 is 12.2 Å². The first-order chi connectivity index (χ1) is 9.75. The summed E-state index contributed by atoms with van der Waals surface area (Å²) in [6, 6.07) is 3.98. The summed E-state index contributed by atoms with van der Waals surface area (Å²) < 4.78 is 0. The first kappa shape index (κ1) is 14.7. The van der Waals surface area contributed by atoms with Gasteiger partial charge in [0.25, 0.3) is 0 Å². The fraction of sp³-hybridized carbons (Fsp3) is 0.500. The van der Waals surface area contributed by atoms with Crippen LogP contribution in [0.25, 0.3) is 0 Å². The number of likely N-dealkylation sites (tertiary alicyclic amines) is 1. The Kier molecular flexibility index (Phi) is 5.73. The Morgan fingerprint density at radius 3 is 2.90 bits per heavy atom. The maximum atomic E-state index is 5.97. The Balaban J connectivity index is 1.74. The van der Waals surface area contributed by atoms with Crippen LogP contribution in [0.2, 0.25) is 0 Å². The van der Waals surface area contributed by atoms with Gasteiger partial charge in [-0.15, -0.1) is 0 Å². The lowest BCUT2D eigenvalue weighted by Crippen LogP contribution is -2.42. The second-order valence-corrected chi connectivity index (χ2v) is 5.25. The van der Waals surface area contributed by atoms with E-state index < -0.39 is 0 Å². The number of rotatable bonds is 3. The van der Waals surface area contributed by atoms with Gasteiger partial charge in [-0.25, -0.2) is 0 Å². The molecule has 3 N–H and O–H groups in total. The van der Waals surface area contributed by atoms with Crippen molar-refractivity contribution in [1.82, 2.24) is 15.2 Å². The van der Waals surface area contributed by atoms with Gasteiger partial charge < -0.3 is 16.0 Å². The zero-order valence-corrected chi connectivity index (χ0v) is 12.4. The summed E-state index contributed by atoms with van der Waals surface area (Å²) >= 11 is 5.19. The van der Waals surface area contributed by atoms with Crippen LogP contribution in [0, 0.1) is 0 Å². The summed E-state index contributed by atoms with van der Waals surface area (Å²) in [7, 11) is 0. The Bertz CT molecular complexity index is 454. The smallest absolute Gasteiger partial charge is 0.198 e. The summed E-state index contributed by atoms with van der Waals surface area (Å²) in [5, 5.41) is 3.57. The summed E-state index contributed by atoms with van der Waals surface area (Å²) in [4.78, 5) is 10.4. The third-order valence-electron chi connectivity index (χ3n) is 3.31. The van der Waals surface area contributed by atoms with E-state index in [9.17, 15) is 0 Å². The maximum Gasteiger partial charge on any atom is 0.198 e. The minimum Gasteiger partial charge on any atom is -0.369 e. The molecule has 0 saturated carbocycles. The van der Waals surface area contributed by atoms with Gasteiger partial charge in [0.1, 0.15) is 0 Å². The van der Waals surface area contributed by atoms with E-state index in [1.165, 1.54) is 24.8 Å². The van der Waals surface area contributed by atoms with E-state index in [2.05, 4.69) is 20.2 Å². The van der Waals surface area contributed by atoms with Crippen molar-refractivity contribution in [3.63, 3.8) is 0 Å². The number of nitrogens with two attached hydrogens (primary N) is 1. The number of pyridine rings is 1. The molecule has 0 atom stereocenters. The molecule has 1 aliphatic rings. The van der Waals surface area contributed by atoms with Crippen LogP contribution in [-0.4, -0.2) is 40.6 Å². The van der Waals surface area contributed by atoms with Gasteiger partial charge in [-0.2, -0.15) is 4.99 Å². The molecular weight excluding hydrogens is 270 g/mol. The predicted molar refractivity (Wildman–Crippen MR) is 85.6 cm³/mol. The Morgan fingerprint density at radius 2 is 2.20 bits per heavy atom. The molecular formula is C14H21N5S. The molecule has 0 bridgehead atoms. The molecule has 0 spiro atoms. The lowest BCUT2D eigenvalue weighted by Gasteiger charge is -2.27. The fourth-order valence-electron chi connectivity index (χ4n) is 2.20. The van der Waals surface area contributed by atoms with Crippen LogP contribution in [0.15, 0.2) is 29.5 Å². The van der Waals surface area contributed by atoms with Crippen LogP contribution < -0.4 is 11.1 Å². The largest absolute Gasteiger partial charge is 0.369 e. The first-order valence-electron chi connectivity index (χ1n) is 7.01. The van der Waals surface area contributed by atoms with E-state index in [4.69, 9.17) is 18.0 Å². The average molecular weight is 291 g/mol. The quantitative estimate of drug-likeness (QED) is 0.499. The average Bonchev–Trinajstić information content (AvgIpc) is 2.49. The molecule has 1 fully saturated rings. The van der Waals surface area contributed by atoms with Gasteiger partial charge in [0.2, 0.25) is 0 Å². The van der Waals surface area contributed by atoms with Crippen LogP contribution in [0.5, 0.6) is 0 Å². The van der Waals surface area contributed by atoms with Gasteiger partial charge in [0, 0.05) is 32.0 Å². The minimum atomic E-state index is 0.456.